The minimum Gasteiger partial charge on any atom is -0.508 e. The van der Waals surface area contributed by atoms with E-state index in [9.17, 15) is 9.63 Å². The molecule has 0 saturated carbocycles. The van der Waals surface area contributed by atoms with Crippen LogP contribution in [0.2, 0.25) is 0 Å². The number of halogens is 1. The Balaban J connectivity index is 3.05. The van der Waals surface area contributed by atoms with Crippen molar-refractivity contribution in [3.05, 3.63) is 34.8 Å². The number of allylic oxidation sites excluding steroid dienone is 4. The molecule has 1 N–H and O–H groups in total. The summed E-state index contributed by atoms with van der Waals surface area (Å²) in [5.74, 6) is 0.162. The van der Waals surface area contributed by atoms with Gasteiger partial charge < -0.3 is 5.11 Å². The van der Waals surface area contributed by atoms with Crippen molar-refractivity contribution in [2.45, 2.75) is 20.3 Å². The van der Waals surface area contributed by atoms with Crippen LogP contribution in [-0.4, -0.2) is 5.11 Å². The lowest BCUT2D eigenvalue weighted by Crippen LogP contribution is -1.88. The predicted molar refractivity (Wildman–Crippen MR) is 44.0 cm³/mol. The van der Waals surface area contributed by atoms with Crippen LogP contribution in [-0.2, 0) is 4.94 Å². The first-order valence-corrected chi connectivity index (χ1v) is 3.71. The number of hydrogen-bond acceptors (Lipinski definition) is 2. The van der Waals surface area contributed by atoms with E-state index in [0.717, 1.165) is 5.57 Å². The molecule has 0 amide bonds. The Hall–Kier alpha value is -1.25. The van der Waals surface area contributed by atoms with Gasteiger partial charge in [-0.1, -0.05) is 5.57 Å². The molecule has 0 aliphatic heterocycles. The van der Waals surface area contributed by atoms with Gasteiger partial charge in [-0.2, -0.15) is 0 Å². The monoisotopic (exact) mass is 170 g/mol. The Labute approximate surface area is 70.6 Å². The van der Waals surface area contributed by atoms with Gasteiger partial charge >= 0.3 is 0 Å². The molecular weight excluding hydrogens is 159 g/mol. The van der Waals surface area contributed by atoms with Gasteiger partial charge in [-0.05, 0) is 32.4 Å². The standard InChI is InChI=1S/C9H11FO2/c1-6-3-4-9(12-10)7(2)8(11)5-6/h4-5,11H,3H2,1-2H3. The summed E-state index contributed by atoms with van der Waals surface area (Å²) in [6, 6.07) is 0. The highest BCUT2D eigenvalue weighted by Crippen LogP contribution is 2.22. The Bertz CT molecular complexity index is 274. The smallest absolute Gasteiger partial charge is 0.174 e. The van der Waals surface area contributed by atoms with E-state index in [4.69, 9.17) is 0 Å². The van der Waals surface area contributed by atoms with E-state index in [1.165, 1.54) is 0 Å². The Morgan fingerprint density at radius 2 is 2.17 bits per heavy atom. The van der Waals surface area contributed by atoms with Crippen LogP contribution in [0.4, 0.5) is 4.53 Å². The molecule has 0 aromatic rings. The largest absolute Gasteiger partial charge is 0.508 e. The first-order valence-electron chi connectivity index (χ1n) is 3.71. The van der Waals surface area contributed by atoms with Crippen LogP contribution in [0.25, 0.3) is 0 Å². The van der Waals surface area contributed by atoms with Crippen molar-refractivity contribution in [3.8, 4) is 0 Å². The van der Waals surface area contributed by atoms with E-state index in [2.05, 4.69) is 4.94 Å². The lowest BCUT2D eigenvalue weighted by molar-refractivity contribution is -0.0793. The fourth-order valence-corrected chi connectivity index (χ4v) is 1.02. The molecule has 0 radical (unpaired) electrons. The Morgan fingerprint density at radius 3 is 2.75 bits per heavy atom. The third-order valence-corrected chi connectivity index (χ3v) is 1.83. The molecular formula is C9H11FO2. The van der Waals surface area contributed by atoms with Crippen LogP contribution in [0.3, 0.4) is 0 Å². The summed E-state index contributed by atoms with van der Waals surface area (Å²) in [4.78, 5) is 3.61. The molecule has 66 valence electrons. The molecule has 1 aliphatic rings. The van der Waals surface area contributed by atoms with Gasteiger partial charge in [-0.15, -0.1) is 0 Å². The van der Waals surface area contributed by atoms with Gasteiger partial charge in [0.2, 0.25) is 0 Å². The zero-order chi connectivity index (χ0) is 9.14. The van der Waals surface area contributed by atoms with Gasteiger partial charge in [-0.25, -0.2) is 0 Å². The van der Waals surface area contributed by atoms with Crippen molar-refractivity contribution in [1.82, 2.24) is 0 Å². The first-order chi connectivity index (χ1) is 5.65. The normalized spacial score (nSPS) is 18.2. The molecule has 1 rings (SSSR count). The van der Waals surface area contributed by atoms with E-state index >= 15 is 0 Å². The van der Waals surface area contributed by atoms with Crippen LogP contribution in [0.15, 0.2) is 34.8 Å². The number of aliphatic hydroxyl groups is 1. The molecule has 3 heteroatoms. The van der Waals surface area contributed by atoms with Crippen LogP contribution in [0, 0.1) is 0 Å². The van der Waals surface area contributed by atoms with E-state index in [1.807, 2.05) is 6.92 Å². The summed E-state index contributed by atoms with van der Waals surface area (Å²) in [5, 5.41) is 9.35. The highest BCUT2D eigenvalue weighted by molar-refractivity contribution is 5.36. The van der Waals surface area contributed by atoms with Gasteiger partial charge in [0.15, 0.2) is 5.76 Å². The van der Waals surface area contributed by atoms with E-state index in [1.54, 1.807) is 19.1 Å². The number of hydrogen-bond donors (Lipinski definition) is 1. The quantitative estimate of drug-likeness (QED) is 0.655. The molecule has 12 heavy (non-hydrogen) atoms. The maximum Gasteiger partial charge on any atom is 0.174 e. The van der Waals surface area contributed by atoms with Gasteiger partial charge in [0, 0.05) is 10.1 Å². The highest BCUT2D eigenvalue weighted by atomic mass is 19.3. The lowest BCUT2D eigenvalue weighted by atomic mass is 10.2. The van der Waals surface area contributed by atoms with Crippen molar-refractivity contribution in [3.63, 3.8) is 0 Å². The van der Waals surface area contributed by atoms with Gasteiger partial charge in [0.1, 0.15) is 5.76 Å². The van der Waals surface area contributed by atoms with Crippen molar-refractivity contribution >= 4 is 0 Å². The average molecular weight is 170 g/mol. The summed E-state index contributed by atoms with van der Waals surface area (Å²) >= 11 is 0. The highest BCUT2D eigenvalue weighted by Gasteiger charge is 2.10. The molecule has 0 atom stereocenters. The number of aliphatic hydroxyl groups excluding tert-OH is 1. The summed E-state index contributed by atoms with van der Waals surface area (Å²) in [7, 11) is 0. The fraction of sp³-hybridized carbons (Fsp3) is 0.333. The first kappa shape index (κ1) is 8.84. The topological polar surface area (TPSA) is 29.5 Å². The third-order valence-electron chi connectivity index (χ3n) is 1.83. The summed E-state index contributed by atoms with van der Waals surface area (Å²) in [5.41, 5.74) is 1.40. The molecule has 0 aromatic carbocycles. The zero-order valence-corrected chi connectivity index (χ0v) is 7.10. The summed E-state index contributed by atoms with van der Waals surface area (Å²) in [6.07, 6.45) is 3.81. The van der Waals surface area contributed by atoms with E-state index in [0.29, 0.717) is 12.0 Å². The maximum absolute atomic E-state index is 11.9. The van der Waals surface area contributed by atoms with Gasteiger partial charge in [-0.3, -0.25) is 4.94 Å². The zero-order valence-electron chi connectivity index (χ0n) is 7.10. The molecule has 2 nitrogen and oxygen atoms in total. The van der Waals surface area contributed by atoms with Crippen LogP contribution >= 0.6 is 0 Å². The molecule has 0 heterocycles. The molecule has 0 bridgehead atoms. The van der Waals surface area contributed by atoms with Crippen molar-refractivity contribution < 1.29 is 14.6 Å². The van der Waals surface area contributed by atoms with Gasteiger partial charge in [0.05, 0.1) is 0 Å². The predicted octanol–water partition coefficient (Wildman–Crippen LogP) is 2.95. The summed E-state index contributed by atoms with van der Waals surface area (Å²) in [6.45, 7) is 3.47. The Morgan fingerprint density at radius 1 is 1.50 bits per heavy atom. The minimum absolute atomic E-state index is 0.0638. The molecule has 0 unspecified atom stereocenters. The van der Waals surface area contributed by atoms with E-state index < -0.39 is 0 Å². The van der Waals surface area contributed by atoms with Crippen molar-refractivity contribution in [1.29, 1.82) is 0 Å². The second-order valence-electron chi connectivity index (χ2n) is 2.85. The second kappa shape index (κ2) is 3.43. The SMILES string of the molecule is CC1=CC(O)=C(C)C(OF)=CC1. The molecule has 0 spiro atoms. The average Bonchev–Trinajstić information content (AvgIpc) is 2.14. The van der Waals surface area contributed by atoms with E-state index in [-0.39, 0.29) is 11.5 Å². The van der Waals surface area contributed by atoms with Crippen molar-refractivity contribution in [2.75, 3.05) is 0 Å². The maximum atomic E-state index is 11.9. The lowest BCUT2D eigenvalue weighted by Gasteiger charge is -2.00. The third kappa shape index (κ3) is 1.67. The molecule has 1 aliphatic carbocycles. The van der Waals surface area contributed by atoms with Gasteiger partial charge in [0.25, 0.3) is 0 Å². The number of rotatable bonds is 1. The molecule has 0 aromatic heterocycles. The van der Waals surface area contributed by atoms with Crippen LogP contribution in [0.5, 0.6) is 0 Å². The fourth-order valence-electron chi connectivity index (χ4n) is 1.02. The second-order valence-corrected chi connectivity index (χ2v) is 2.85. The van der Waals surface area contributed by atoms with Crippen LogP contribution in [0.1, 0.15) is 20.3 Å². The molecule has 0 saturated heterocycles. The summed E-state index contributed by atoms with van der Waals surface area (Å²) < 4.78 is 11.9. The minimum atomic E-state index is 0.0638. The van der Waals surface area contributed by atoms with Crippen molar-refractivity contribution in [2.24, 2.45) is 0 Å². The van der Waals surface area contributed by atoms with Crippen LogP contribution < -0.4 is 0 Å². The Kier molecular flexibility index (Phi) is 2.53. The molecule has 0 fully saturated rings.